The van der Waals surface area contributed by atoms with Gasteiger partial charge in [0.25, 0.3) is 0 Å². The fourth-order valence-electron chi connectivity index (χ4n) is 1.77. The van der Waals surface area contributed by atoms with Crippen LogP contribution in [0.5, 0.6) is 0 Å². The zero-order chi connectivity index (χ0) is 12.3. The Kier molecular flexibility index (Phi) is 5.31. The Morgan fingerprint density at radius 3 is 2.61 bits per heavy atom. The molecule has 0 aliphatic heterocycles. The number of likely N-dealkylation sites (N-methyl/N-ethyl adjacent to an activating group) is 1. The van der Waals surface area contributed by atoms with Gasteiger partial charge >= 0.3 is 0 Å². The van der Waals surface area contributed by atoms with Crippen LogP contribution in [-0.2, 0) is 6.42 Å². The van der Waals surface area contributed by atoms with Gasteiger partial charge in [-0.2, -0.15) is 0 Å². The number of rotatable bonds is 4. The van der Waals surface area contributed by atoms with Crippen LogP contribution in [0.25, 0.3) is 0 Å². The molecular formula is C13H14ClF2NO. The molecule has 0 saturated carbocycles. The summed E-state index contributed by atoms with van der Waals surface area (Å²) in [6.07, 6.45) is 3.63. The van der Waals surface area contributed by atoms with Gasteiger partial charge < -0.3 is 9.73 Å². The van der Waals surface area contributed by atoms with Gasteiger partial charge in [0, 0.05) is 17.7 Å². The minimum Gasteiger partial charge on any atom is -0.472 e. The number of furan rings is 1. The molecule has 2 rings (SSSR count). The second-order valence-corrected chi connectivity index (χ2v) is 3.84. The second kappa shape index (κ2) is 6.52. The molecule has 18 heavy (non-hydrogen) atoms. The summed E-state index contributed by atoms with van der Waals surface area (Å²) in [5, 5.41) is 3.07. The lowest BCUT2D eigenvalue weighted by Gasteiger charge is -2.14. The van der Waals surface area contributed by atoms with Crippen molar-refractivity contribution in [2.45, 2.75) is 12.5 Å². The van der Waals surface area contributed by atoms with Crippen molar-refractivity contribution >= 4 is 12.4 Å². The molecule has 1 aromatic carbocycles. The molecule has 0 spiro atoms. The molecule has 0 radical (unpaired) electrons. The van der Waals surface area contributed by atoms with Crippen molar-refractivity contribution in [2.24, 2.45) is 0 Å². The highest BCUT2D eigenvalue weighted by molar-refractivity contribution is 5.85. The third-order valence-electron chi connectivity index (χ3n) is 2.73. The van der Waals surface area contributed by atoms with Crippen molar-refractivity contribution in [1.82, 2.24) is 5.32 Å². The molecule has 1 atom stereocenters. The van der Waals surface area contributed by atoms with Crippen LogP contribution in [-0.4, -0.2) is 7.05 Å². The van der Waals surface area contributed by atoms with Crippen LogP contribution in [0, 0.1) is 11.6 Å². The summed E-state index contributed by atoms with van der Waals surface area (Å²) in [6, 6.07) is 5.41. The Labute approximate surface area is 110 Å². The summed E-state index contributed by atoms with van der Waals surface area (Å²) in [5.74, 6) is -1.08. The molecule has 0 fully saturated rings. The maximum atomic E-state index is 13.5. The first-order chi connectivity index (χ1) is 8.20. The van der Waals surface area contributed by atoms with Gasteiger partial charge in [-0.25, -0.2) is 8.78 Å². The standard InChI is InChI=1S/C13H13F2NO.ClH/c1-16-13(10-4-5-17-8-10)6-9-2-3-11(14)7-12(9)15;/h2-5,7-8,13,16H,6H2,1H3;1H. The van der Waals surface area contributed by atoms with Gasteiger partial charge in [-0.3, -0.25) is 0 Å². The van der Waals surface area contributed by atoms with E-state index in [4.69, 9.17) is 4.42 Å². The molecule has 5 heteroatoms. The second-order valence-electron chi connectivity index (χ2n) is 3.84. The van der Waals surface area contributed by atoms with E-state index in [1.807, 2.05) is 6.07 Å². The number of halogens is 3. The van der Waals surface area contributed by atoms with E-state index in [0.29, 0.717) is 12.0 Å². The molecule has 1 N–H and O–H groups in total. The van der Waals surface area contributed by atoms with Crippen LogP contribution < -0.4 is 5.32 Å². The molecule has 0 aliphatic carbocycles. The average Bonchev–Trinajstić information content (AvgIpc) is 2.81. The van der Waals surface area contributed by atoms with E-state index in [9.17, 15) is 8.78 Å². The maximum Gasteiger partial charge on any atom is 0.129 e. The molecule has 0 saturated heterocycles. The summed E-state index contributed by atoms with van der Waals surface area (Å²) in [5.41, 5.74) is 1.42. The van der Waals surface area contributed by atoms with E-state index in [1.54, 1.807) is 19.6 Å². The van der Waals surface area contributed by atoms with Gasteiger partial charge in [-0.15, -0.1) is 12.4 Å². The van der Waals surface area contributed by atoms with E-state index in [0.717, 1.165) is 11.6 Å². The largest absolute Gasteiger partial charge is 0.472 e. The maximum absolute atomic E-state index is 13.5. The van der Waals surface area contributed by atoms with Crippen molar-refractivity contribution in [3.8, 4) is 0 Å². The lowest BCUT2D eigenvalue weighted by atomic mass is 10.0. The first-order valence-corrected chi connectivity index (χ1v) is 5.34. The lowest BCUT2D eigenvalue weighted by Crippen LogP contribution is -2.18. The summed E-state index contributed by atoms with van der Waals surface area (Å²) in [6.45, 7) is 0. The van der Waals surface area contributed by atoms with E-state index in [-0.39, 0.29) is 18.4 Å². The van der Waals surface area contributed by atoms with Crippen LogP contribution >= 0.6 is 12.4 Å². The SMILES string of the molecule is CNC(Cc1ccc(F)cc1F)c1ccoc1.Cl. The van der Waals surface area contributed by atoms with Crippen molar-refractivity contribution in [1.29, 1.82) is 0 Å². The van der Waals surface area contributed by atoms with Crippen molar-refractivity contribution in [2.75, 3.05) is 7.05 Å². The number of hydrogen-bond acceptors (Lipinski definition) is 2. The highest BCUT2D eigenvalue weighted by Gasteiger charge is 2.14. The van der Waals surface area contributed by atoms with Gasteiger partial charge in [0.2, 0.25) is 0 Å². The van der Waals surface area contributed by atoms with E-state index in [2.05, 4.69) is 5.32 Å². The number of benzene rings is 1. The third-order valence-corrected chi connectivity index (χ3v) is 2.73. The fourth-order valence-corrected chi connectivity index (χ4v) is 1.77. The summed E-state index contributed by atoms with van der Waals surface area (Å²) in [4.78, 5) is 0. The van der Waals surface area contributed by atoms with Gasteiger partial charge in [-0.05, 0) is 31.2 Å². The van der Waals surface area contributed by atoms with Gasteiger partial charge in [0.05, 0.1) is 12.5 Å². The van der Waals surface area contributed by atoms with E-state index >= 15 is 0 Å². The molecule has 1 heterocycles. The molecule has 1 aromatic heterocycles. The Morgan fingerprint density at radius 1 is 1.28 bits per heavy atom. The predicted octanol–water partition coefficient (Wildman–Crippen LogP) is 3.48. The Balaban J connectivity index is 0.00000162. The summed E-state index contributed by atoms with van der Waals surface area (Å²) < 4.78 is 31.3. The average molecular weight is 274 g/mol. The van der Waals surface area contributed by atoms with Crippen molar-refractivity contribution < 1.29 is 13.2 Å². The van der Waals surface area contributed by atoms with E-state index in [1.165, 1.54) is 12.1 Å². The number of hydrogen-bond donors (Lipinski definition) is 1. The minimum absolute atomic E-state index is 0. The smallest absolute Gasteiger partial charge is 0.129 e. The topological polar surface area (TPSA) is 25.2 Å². The zero-order valence-corrected chi connectivity index (χ0v) is 10.6. The molecule has 2 nitrogen and oxygen atoms in total. The first-order valence-electron chi connectivity index (χ1n) is 5.34. The Bertz CT molecular complexity index is 488. The fraction of sp³-hybridized carbons (Fsp3) is 0.231. The summed E-state index contributed by atoms with van der Waals surface area (Å²) in [7, 11) is 1.79. The first kappa shape index (κ1) is 14.7. The minimum atomic E-state index is -0.560. The quantitative estimate of drug-likeness (QED) is 0.923. The molecule has 98 valence electrons. The zero-order valence-electron chi connectivity index (χ0n) is 9.82. The molecular weight excluding hydrogens is 260 g/mol. The van der Waals surface area contributed by atoms with Crippen LogP contribution in [0.4, 0.5) is 8.78 Å². The normalized spacial score (nSPS) is 11.9. The van der Waals surface area contributed by atoms with Gasteiger partial charge in [0.15, 0.2) is 0 Å². The van der Waals surface area contributed by atoms with Crippen molar-refractivity contribution in [3.63, 3.8) is 0 Å². The predicted molar refractivity (Wildman–Crippen MR) is 67.8 cm³/mol. The highest BCUT2D eigenvalue weighted by Crippen LogP contribution is 2.20. The molecule has 1 unspecified atom stereocenters. The number of nitrogens with one attached hydrogen (secondary N) is 1. The Hall–Kier alpha value is -1.39. The van der Waals surface area contributed by atoms with Crippen LogP contribution in [0.2, 0.25) is 0 Å². The lowest BCUT2D eigenvalue weighted by molar-refractivity contribution is 0.526. The third kappa shape index (κ3) is 3.31. The molecule has 2 aromatic rings. The van der Waals surface area contributed by atoms with Gasteiger partial charge in [-0.1, -0.05) is 6.07 Å². The Morgan fingerprint density at radius 2 is 2.06 bits per heavy atom. The van der Waals surface area contributed by atoms with E-state index < -0.39 is 11.6 Å². The monoisotopic (exact) mass is 273 g/mol. The molecule has 0 bridgehead atoms. The van der Waals surface area contributed by atoms with Crippen LogP contribution in [0.1, 0.15) is 17.2 Å². The summed E-state index contributed by atoms with van der Waals surface area (Å²) >= 11 is 0. The molecule has 0 aliphatic rings. The van der Waals surface area contributed by atoms with Crippen molar-refractivity contribution in [3.05, 3.63) is 59.6 Å². The molecule has 0 amide bonds. The van der Waals surface area contributed by atoms with Gasteiger partial charge in [0.1, 0.15) is 11.6 Å². The van der Waals surface area contributed by atoms with Crippen LogP contribution in [0.3, 0.4) is 0 Å². The highest BCUT2D eigenvalue weighted by atomic mass is 35.5. The van der Waals surface area contributed by atoms with Crippen LogP contribution in [0.15, 0.2) is 41.2 Å².